The van der Waals surface area contributed by atoms with E-state index in [0.29, 0.717) is 6.10 Å². The van der Waals surface area contributed by atoms with Crippen molar-refractivity contribution in [2.75, 3.05) is 33.4 Å². The quantitative estimate of drug-likeness (QED) is 0.846. The van der Waals surface area contributed by atoms with E-state index < -0.39 is 0 Å². The fourth-order valence-corrected chi connectivity index (χ4v) is 3.68. The molecule has 2 aliphatic heterocycles. The number of rotatable bonds is 4. The van der Waals surface area contributed by atoms with Crippen molar-refractivity contribution < 1.29 is 9.47 Å². The van der Waals surface area contributed by atoms with Gasteiger partial charge in [0, 0.05) is 32.3 Å². The molecule has 112 valence electrons. The molecule has 3 atom stereocenters. The Morgan fingerprint density at radius 2 is 2.26 bits per heavy atom. The summed E-state index contributed by atoms with van der Waals surface area (Å²) in [5.41, 5.74) is 6.29. The van der Waals surface area contributed by atoms with Gasteiger partial charge in [-0.05, 0) is 45.6 Å². The van der Waals surface area contributed by atoms with Crippen LogP contribution in [0.15, 0.2) is 0 Å². The summed E-state index contributed by atoms with van der Waals surface area (Å²) in [6.45, 7) is 8.16. The Kier molecular flexibility index (Phi) is 4.88. The zero-order valence-electron chi connectivity index (χ0n) is 12.8. The van der Waals surface area contributed by atoms with E-state index in [4.69, 9.17) is 15.2 Å². The molecule has 4 nitrogen and oxygen atoms in total. The van der Waals surface area contributed by atoms with Gasteiger partial charge in [-0.2, -0.15) is 0 Å². The van der Waals surface area contributed by atoms with E-state index in [9.17, 15) is 0 Å². The lowest BCUT2D eigenvalue weighted by atomic mass is 9.77. The average Bonchev–Trinajstić information content (AvgIpc) is 2.47. The number of nitrogens with two attached hydrogens (primary N) is 1. The molecule has 2 aliphatic rings. The van der Waals surface area contributed by atoms with Gasteiger partial charge in [0.25, 0.3) is 0 Å². The molecular weight excluding hydrogens is 240 g/mol. The lowest BCUT2D eigenvalue weighted by molar-refractivity contribution is -0.140. The Morgan fingerprint density at radius 3 is 2.89 bits per heavy atom. The zero-order chi connectivity index (χ0) is 13.9. The first-order valence-corrected chi connectivity index (χ1v) is 7.69. The number of hydrogen-bond donors (Lipinski definition) is 1. The van der Waals surface area contributed by atoms with Gasteiger partial charge in [-0.1, -0.05) is 6.92 Å². The van der Waals surface area contributed by atoms with Crippen molar-refractivity contribution in [2.45, 2.75) is 63.2 Å². The van der Waals surface area contributed by atoms with Crippen LogP contribution in [-0.2, 0) is 9.47 Å². The van der Waals surface area contributed by atoms with Crippen LogP contribution in [0.3, 0.4) is 0 Å². The monoisotopic (exact) mass is 270 g/mol. The van der Waals surface area contributed by atoms with Gasteiger partial charge in [-0.3, -0.25) is 4.90 Å². The molecule has 2 N–H and O–H groups in total. The van der Waals surface area contributed by atoms with E-state index in [0.717, 1.165) is 45.5 Å². The Balaban J connectivity index is 2.12. The molecule has 0 bridgehead atoms. The van der Waals surface area contributed by atoms with Gasteiger partial charge in [0.1, 0.15) is 0 Å². The van der Waals surface area contributed by atoms with E-state index in [1.54, 1.807) is 0 Å². The molecule has 2 rings (SSSR count). The Hall–Kier alpha value is -0.160. The van der Waals surface area contributed by atoms with Crippen LogP contribution >= 0.6 is 0 Å². The summed E-state index contributed by atoms with van der Waals surface area (Å²) in [6.07, 6.45) is 5.90. The predicted molar refractivity (Wildman–Crippen MR) is 77.3 cm³/mol. The van der Waals surface area contributed by atoms with Crippen LogP contribution in [0.4, 0.5) is 0 Å². The van der Waals surface area contributed by atoms with Crippen molar-refractivity contribution in [1.29, 1.82) is 0 Å². The van der Waals surface area contributed by atoms with Gasteiger partial charge in [0.2, 0.25) is 0 Å². The Morgan fingerprint density at radius 1 is 1.47 bits per heavy atom. The van der Waals surface area contributed by atoms with E-state index in [2.05, 4.69) is 18.7 Å². The second-order valence-electron chi connectivity index (χ2n) is 6.45. The summed E-state index contributed by atoms with van der Waals surface area (Å²) in [5, 5.41) is 0. The molecule has 0 amide bonds. The third-order valence-electron chi connectivity index (χ3n) is 5.23. The number of hydrogen-bond acceptors (Lipinski definition) is 4. The smallest absolute Gasteiger partial charge is 0.0698 e. The van der Waals surface area contributed by atoms with Gasteiger partial charge < -0.3 is 15.2 Å². The molecule has 0 aliphatic carbocycles. The lowest BCUT2D eigenvalue weighted by Gasteiger charge is -2.53. The summed E-state index contributed by atoms with van der Waals surface area (Å²) in [6, 6.07) is 0. The molecule has 0 saturated carbocycles. The minimum Gasteiger partial charge on any atom is -0.380 e. The van der Waals surface area contributed by atoms with Gasteiger partial charge in [-0.25, -0.2) is 0 Å². The fraction of sp³-hybridized carbons (Fsp3) is 1.00. The lowest BCUT2D eigenvalue weighted by Crippen LogP contribution is -2.63. The Bertz CT molecular complexity index is 300. The summed E-state index contributed by atoms with van der Waals surface area (Å²) < 4.78 is 11.6. The third-order valence-corrected chi connectivity index (χ3v) is 5.23. The molecule has 4 heteroatoms. The average molecular weight is 270 g/mol. The van der Waals surface area contributed by atoms with Gasteiger partial charge >= 0.3 is 0 Å². The first-order valence-electron chi connectivity index (χ1n) is 7.69. The van der Waals surface area contributed by atoms with Crippen molar-refractivity contribution in [3.63, 3.8) is 0 Å². The summed E-state index contributed by atoms with van der Waals surface area (Å²) in [7, 11) is 1.82. The summed E-state index contributed by atoms with van der Waals surface area (Å²) in [5.74, 6) is 0. The molecule has 2 heterocycles. The van der Waals surface area contributed by atoms with E-state index in [1.165, 1.54) is 12.8 Å². The first-order chi connectivity index (χ1) is 9.07. The van der Waals surface area contributed by atoms with Gasteiger partial charge in [0.05, 0.1) is 11.7 Å². The second-order valence-corrected chi connectivity index (χ2v) is 6.45. The van der Waals surface area contributed by atoms with Crippen LogP contribution in [0.25, 0.3) is 0 Å². The molecular formula is C15H30N2O2. The van der Waals surface area contributed by atoms with Crippen LogP contribution < -0.4 is 5.73 Å². The van der Waals surface area contributed by atoms with Crippen LogP contribution in [0.5, 0.6) is 0 Å². The maximum Gasteiger partial charge on any atom is 0.0698 e. The van der Waals surface area contributed by atoms with E-state index in [-0.39, 0.29) is 11.1 Å². The topological polar surface area (TPSA) is 47.7 Å². The molecule has 0 aromatic carbocycles. The number of methoxy groups -OCH3 is 1. The SMILES string of the molecule is CCC1(C)CC(CN)(N2CCCC(OC)C2)CCO1. The Labute approximate surface area is 117 Å². The molecule has 3 unspecified atom stereocenters. The van der Waals surface area contributed by atoms with Crippen molar-refractivity contribution in [1.82, 2.24) is 4.90 Å². The van der Waals surface area contributed by atoms with E-state index in [1.807, 2.05) is 7.11 Å². The number of ether oxygens (including phenoxy) is 2. The van der Waals surface area contributed by atoms with Crippen molar-refractivity contribution >= 4 is 0 Å². The molecule has 0 radical (unpaired) electrons. The van der Waals surface area contributed by atoms with Crippen molar-refractivity contribution in [3.8, 4) is 0 Å². The van der Waals surface area contributed by atoms with Crippen molar-refractivity contribution in [3.05, 3.63) is 0 Å². The highest BCUT2D eigenvalue weighted by molar-refractivity contribution is 5.01. The highest BCUT2D eigenvalue weighted by Crippen LogP contribution is 2.39. The predicted octanol–water partition coefficient (Wildman–Crippen LogP) is 1.77. The molecule has 0 aromatic heterocycles. The number of piperidine rings is 1. The first kappa shape index (κ1) is 15.2. The van der Waals surface area contributed by atoms with Crippen LogP contribution in [-0.4, -0.2) is 55.5 Å². The van der Waals surface area contributed by atoms with E-state index >= 15 is 0 Å². The standard InChI is InChI=1S/C15H30N2O2/c1-4-14(2)11-15(12-16,7-9-19-14)17-8-5-6-13(10-17)18-3/h13H,4-12,16H2,1-3H3. The molecule has 0 aromatic rings. The summed E-state index contributed by atoms with van der Waals surface area (Å²) in [4.78, 5) is 2.58. The number of likely N-dealkylation sites (tertiary alicyclic amines) is 1. The third kappa shape index (κ3) is 3.13. The largest absolute Gasteiger partial charge is 0.380 e. The highest BCUT2D eigenvalue weighted by Gasteiger charge is 2.46. The number of nitrogens with zero attached hydrogens (tertiary/aromatic N) is 1. The highest BCUT2D eigenvalue weighted by atomic mass is 16.5. The minimum atomic E-state index is -0.0162. The van der Waals surface area contributed by atoms with Crippen LogP contribution in [0, 0.1) is 0 Å². The second kappa shape index (κ2) is 6.08. The molecule has 19 heavy (non-hydrogen) atoms. The van der Waals surface area contributed by atoms with Crippen molar-refractivity contribution in [2.24, 2.45) is 5.73 Å². The molecule has 2 fully saturated rings. The maximum absolute atomic E-state index is 6.19. The normalized spacial score (nSPS) is 41.4. The summed E-state index contributed by atoms with van der Waals surface area (Å²) >= 11 is 0. The molecule has 2 saturated heterocycles. The van der Waals surface area contributed by atoms with Gasteiger partial charge in [-0.15, -0.1) is 0 Å². The zero-order valence-corrected chi connectivity index (χ0v) is 12.8. The fourth-order valence-electron chi connectivity index (χ4n) is 3.68. The van der Waals surface area contributed by atoms with Crippen LogP contribution in [0.1, 0.15) is 46.0 Å². The van der Waals surface area contributed by atoms with Crippen LogP contribution in [0.2, 0.25) is 0 Å². The van der Waals surface area contributed by atoms with Gasteiger partial charge in [0.15, 0.2) is 0 Å². The molecule has 0 spiro atoms. The maximum atomic E-state index is 6.19. The minimum absolute atomic E-state index is 0.0162.